The van der Waals surface area contributed by atoms with Crippen molar-refractivity contribution in [3.63, 3.8) is 0 Å². The van der Waals surface area contributed by atoms with Gasteiger partial charge in [0.05, 0.1) is 18.2 Å². The lowest BCUT2D eigenvalue weighted by atomic mass is 9.86. The molecule has 1 saturated carbocycles. The maximum atomic E-state index is 14.4. The second-order valence-corrected chi connectivity index (χ2v) is 9.41. The van der Waals surface area contributed by atoms with Gasteiger partial charge in [-0.3, -0.25) is 9.59 Å². The number of nitrogens with one attached hydrogen (secondary N) is 3. The topological polar surface area (TPSA) is 127 Å². The summed E-state index contributed by atoms with van der Waals surface area (Å²) in [5, 5.41) is 7.18. The third-order valence-corrected chi connectivity index (χ3v) is 6.62. The number of nitrogens with zero attached hydrogens (tertiary/aromatic N) is 1. The minimum absolute atomic E-state index is 0.0184. The van der Waals surface area contributed by atoms with Crippen molar-refractivity contribution in [2.75, 3.05) is 32.6 Å². The molecule has 0 atom stereocenters. The average molecular weight is 588 g/mol. The fraction of sp³-hybridized carbons (Fsp3) is 0.423. The van der Waals surface area contributed by atoms with E-state index in [1.54, 1.807) is 30.6 Å². The number of carbonyl (C=O) groups is 2. The number of methoxy groups -OCH3 is 1. The molecule has 9 nitrogen and oxygen atoms in total. The Morgan fingerprint density at radius 2 is 1.77 bits per heavy atom. The largest absolute Gasteiger partial charge is 0.493 e. The van der Waals surface area contributed by atoms with E-state index < -0.39 is 17.9 Å². The van der Waals surface area contributed by atoms with E-state index in [0.29, 0.717) is 48.4 Å². The van der Waals surface area contributed by atoms with Crippen LogP contribution in [0.5, 0.6) is 11.5 Å². The van der Waals surface area contributed by atoms with Gasteiger partial charge in [-0.25, -0.2) is 9.38 Å². The first kappa shape index (κ1) is 30.8. The summed E-state index contributed by atoms with van der Waals surface area (Å²) in [6, 6.07) is 7.72. The van der Waals surface area contributed by atoms with Crippen molar-refractivity contribution < 1.29 is 36.6 Å². The van der Waals surface area contributed by atoms with Crippen molar-refractivity contribution in [1.29, 1.82) is 0 Å². The van der Waals surface area contributed by atoms with Gasteiger partial charge in [0.15, 0.2) is 17.3 Å². The molecule has 218 valence electrons. The van der Waals surface area contributed by atoms with Crippen LogP contribution < -0.4 is 31.2 Å². The van der Waals surface area contributed by atoms with Crippen LogP contribution in [0.4, 0.5) is 28.9 Å². The number of ether oxygens (including phenoxy) is 2. The first-order valence-corrected chi connectivity index (χ1v) is 12.8. The normalized spacial score (nSPS) is 17.6. The summed E-state index contributed by atoms with van der Waals surface area (Å²) in [5.74, 6) is -2.55. The SMILES string of the molecule is CNc1cc(OC)c(OC2CCC(C(=O)NCCNC(=O)C(F)(F)F)CC2)cc1C(N)=Nc1cccc(Cl)c1F. The monoisotopic (exact) mass is 587 g/mol. The van der Waals surface area contributed by atoms with E-state index in [0.717, 1.165) is 0 Å². The van der Waals surface area contributed by atoms with E-state index in [4.69, 9.17) is 26.8 Å². The average Bonchev–Trinajstić information content (AvgIpc) is 2.92. The van der Waals surface area contributed by atoms with Gasteiger partial charge >= 0.3 is 12.1 Å². The zero-order chi connectivity index (χ0) is 29.4. The molecule has 0 heterocycles. The van der Waals surface area contributed by atoms with Gasteiger partial charge in [-0.2, -0.15) is 13.2 Å². The van der Waals surface area contributed by atoms with E-state index in [9.17, 15) is 27.2 Å². The lowest BCUT2D eigenvalue weighted by Crippen LogP contribution is -2.42. The Bertz CT molecular complexity index is 1250. The van der Waals surface area contributed by atoms with Crippen LogP contribution in [0.2, 0.25) is 5.02 Å². The molecule has 0 bridgehead atoms. The Kier molecular flexibility index (Phi) is 10.4. The first-order chi connectivity index (χ1) is 18.9. The molecular formula is C26H30ClF4N5O4. The van der Waals surface area contributed by atoms with E-state index in [1.165, 1.54) is 19.2 Å². The third kappa shape index (κ3) is 7.90. The van der Waals surface area contributed by atoms with Crippen molar-refractivity contribution in [3.8, 4) is 11.5 Å². The summed E-state index contributed by atoms with van der Waals surface area (Å²) in [7, 11) is 3.17. The number of nitrogens with two attached hydrogens (primary N) is 1. The standard InChI is InChI=1S/C26H30ClF4N5O4/c1-33-19-13-20(39-2)21(12-16(19)23(32)36-18-5-3-4-17(27)22(18)28)40-15-8-6-14(7-9-15)24(37)34-10-11-35-25(38)26(29,30)31/h3-5,12-15,33H,6-11H2,1-2H3,(H2,32,36)(H,34,37)(H,35,38). The summed E-state index contributed by atoms with van der Waals surface area (Å²) in [4.78, 5) is 27.4. The number of benzene rings is 2. The van der Waals surface area contributed by atoms with Crippen LogP contribution in [-0.2, 0) is 9.59 Å². The van der Waals surface area contributed by atoms with Gasteiger partial charge in [0.25, 0.3) is 0 Å². The van der Waals surface area contributed by atoms with Crippen molar-refractivity contribution in [2.45, 2.75) is 38.0 Å². The summed E-state index contributed by atoms with van der Waals surface area (Å²) in [6.07, 6.45) is -3.16. The Hall–Kier alpha value is -3.74. The number of amides is 2. The van der Waals surface area contributed by atoms with Crippen molar-refractivity contribution in [2.24, 2.45) is 16.6 Å². The minimum atomic E-state index is -4.97. The molecule has 0 spiro atoms. The van der Waals surface area contributed by atoms with Crippen LogP contribution in [0.3, 0.4) is 0 Å². The second-order valence-electron chi connectivity index (χ2n) is 9.00. The molecule has 3 rings (SSSR count). The quantitative estimate of drug-likeness (QED) is 0.142. The van der Waals surface area contributed by atoms with E-state index >= 15 is 0 Å². The molecule has 1 aliphatic carbocycles. The van der Waals surface area contributed by atoms with Crippen LogP contribution in [-0.4, -0.2) is 57.2 Å². The van der Waals surface area contributed by atoms with Gasteiger partial charge in [0.2, 0.25) is 5.91 Å². The molecular weight excluding hydrogens is 558 g/mol. The second kappa shape index (κ2) is 13.6. The highest BCUT2D eigenvalue weighted by molar-refractivity contribution is 6.31. The molecule has 2 aromatic rings. The molecule has 0 aromatic heterocycles. The fourth-order valence-corrected chi connectivity index (χ4v) is 4.40. The number of carbonyl (C=O) groups excluding carboxylic acids is 2. The molecule has 14 heteroatoms. The lowest BCUT2D eigenvalue weighted by molar-refractivity contribution is -0.173. The first-order valence-electron chi connectivity index (χ1n) is 12.4. The predicted molar refractivity (Wildman–Crippen MR) is 143 cm³/mol. The van der Waals surface area contributed by atoms with Gasteiger partial charge in [-0.1, -0.05) is 17.7 Å². The molecule has 5 N–H and O–H groups in total. The lowest BCUT2D eigenvalue weighted by Gasteiger charge is -2.29. The fourth-order valence-electron chi connectivity index (χ4n) is 4.23. The Balaban J connectivity index is 1.64. The third-order valence-electron chi connectivity index (χ3n) is 6.33. The highest BCUT2D eigenvalue weighted by Gasteiger charge is 2.38. The van der Waals surface area contributed by atoms with Crippen LogP contribution in [0.15, 0.2) is 35.3 Å². The number of hydrogen-bond donors (Lipinski definition) is 4. The molecule has 0 saturated heterocycles. The molecule has 2 aromatic carbocycles. The van der Waals surface area contributed by atoms with Gasteiger partial charge < -0.3 is 31.2 Å². The van der Waals surface area contributed by atoms with E-state index in [-0.39, 0.29) is 47.6 Å². The number of aliphatic imine (C=N–C) groups is 1. The number of anilines is 1. The number of alkyl halides is 3. The van der Waals surface area contributed by atoms with Gasteiger partial charge in [0.1, 0.15) is 11.5 Å². The highest BCUT2D eigenvalue weighted by Crippen LogP contribution is 2.37. The summed E-state index contributed by atoms with van der Waals surface area (Å²) in [5.41, 5.74) is 7.23. The van der Waals surface area contributed by atoms with Crippen molar-refractivity contribution in [3.05, 3.63) is 46.7 Å². The molecule has 40 heavy (non-hydrogen) atoms. The molecule has 1 fully saturated rings. The number of rotatable bonds is 10. The molecule has 0 unspecified atom stereocenters. The Morgan fingerprint density at radius 3 is 2.40 bits per heavy atom. The highest BCUT2D eigenvalue weighted by atomic mass is 35.5. The Morgan fingerprint density at radius 1 is 1.10 bits per heavy atom. The Labute approximate surface area is 233 Å². The van der Waals surface area contributed by atoms with Crippen molar-refractivity contribution in [1.82, 2.24) is 10.6 Å². The maximum absolute atomic E-state index is 14.4. The molecule has 2 amide bonds. The van der Waals surface area contributed by atoms with Gasteiger partial charge in [-0.15, -0.1) is 0 Å². The number of halogens is 5. The van der Waals surface area contributed by atoms with Crippen LogP contribution >= 0.6 is 11.6 Å². The van der Waals surface area contributed by atoms with Crippen LogP contribution in [0.25, 0.3) is 0 Å². The van der Waals surface area contributed by atoms with E-state index in [2.05, 4.69) is 15.6 Å². The minimum Gasteiger partial charge on any atom is -0.493 e. The smallest absolute Gasteiger partial charge is 0.471 e. The molecule has 0 radical (unpaired) electrons. The summed E-state index contributed by atoms with van der Waals surface area (Å²) >= 11 is 5.85. The van der Waals surface area contributed by atoms with Crippen molar-refractivity contribution >= 4 is 40.6 Å². The van der Waals surface area contributed by atoms with Gasteiger partial charge in [0, 0.05) is 43.4 Å². The predicted octanol–water partition coefficient (Wildman–Crippen LogP) is 4.30. The number of hydrogen-bond acceptors (Lipinski definition) is 6. The molecule has 1 aliphatic rings. The number of amidine groups is 1. The van der Waals surface area contributed by atoms with Crippen LogP contribution in [0, 0.1) is 11.7 Å². The van der Waals surface area contributed by atoms with Crippen LogP contribution in [0.1, 0.15) is 31.2 Å². The zero-order valence-electron chi connectivity index (χ0n) is 21.8. The molecule has 0 aliphatic heterocycles. The summed E-state index contributed by atoms with van der Waals surface area (Å²) < 4.78 is 62.7. The zero-order valence-corrected chi connectivity index (χ0v) is 22.6. The van der Waals surface area contributed by atoms with E-state index in [1.807, 2.05) is 0 Å². The summed E-state index contributed by atoms with van der Waals surface area (Å²) in [6.45, 7) is -0.444. The van der Waals surface area contributed by atoms with Gasteiger partial charge in [-0.05, 0) is 43.9 Å². The maximum Gasteiger partial charge on any atom is 0.471 e.